The lowest BCUT2D eigenvalue weighted by Crippen LogP contribution is -2.66. The van der Waals surface area contributed by atoms with E-state index in [1.165, 1.54) is 0 Å². The highest BCUT2D eigenvalue weighted by molar-refractivity contribution is 5.95. The molecule has 4 aliphatic rings. The predicted molar refractivity (Wildman–Crippen MR) is 144 cm³/mol. The molecule has 224 valence electrons. The maximum absolute atomic E-state index is 14.0. The Hall–Kier alpha value is -3.62. The standard InChI is InChI=1S/C25H42N8O7/c1-13-19(40-25(39)30-13)21(35)31-16(5-2-3-11-26)22(36)33-15-9-7-14(8-10-15)18(33)20(34)32-17(23(37)38)6-4-12-29-24(27)28/h13-19H,2-12,26H2,1H3,(H,30,39)(H,31,35)(H,32,34)(H,37,38)(H4,27,28,29)/t13?,14?,15?,16-,17-,18-,19+/m0/s1. The van der Waals surface area contributed by atoms with Gasteiger partial charge < -0.3 is 47.9 Å². The number of amides is 4. The number of unbranched alkanes of at least 4 members (excludes halogenated alkanes) is 1. The summed E-state index contributed by atoms with van der Waals surface area (Å²) in [5.41, 5.74) is 16.3. The second kappa shape index (κ2) is 14.1. The van der Waals surface area contributed by atoms with Gasteiger partial charge in [0, 0.05) is 12.6 Å². The molecule has 0 spiro atoms. The number of piperidine rings is 2. The average Bonchev–Trinajstić information content (AvgIpc) is 3.26. The summed E-state index contributed by atoms with van der Waals surface area (Å²) in [5.74, 6) is -2.99. The van der Waals surface area contributed by atoms with Crippen LogP contribution in [0.15, 0.2) is 4.99 Å². The Bertz CT molecular complexity index is 980. The van der Waals surface area contributed by atoms with E-state index in [-0.39, 0.29) is 37.3 Å². The molecule has 3 heterocycles. The number of aliphatic imine (C=N–C) groups is 1. The Balaban J connectivity index is 1.77. The van der Waals surface area contributed by atoms with Crippen LogP contribution in [-0.2, 0) is 23.9 Å². The fraction of sp³-hybridized carbons (Fsp3) is 0.760. The van der Waals surface area contributed by atoms with Gasteiger partial charge in [-0.05, 0) is 77.2 Å². The van der Waals surface area contributed by atoms with Gasteiger partial charge in [0.25, 0.3) is 5.91 Å². The van der Waals surface area contributed by atoms with Crippen LogP contribution in [-0.4, -0.2) is 95.2 Å². The lowest BCUT2D eigenvalue weighted by Gasteiger charge is -2.51. The fourth-order valence-electron chi connectivity index (χ4n) is 5.80. The molecule has 0 aromatic heterocycles. The van der Waals surface area contributed by atoms with Crippen molar-refractivity contribution in [3.8, 4) is 0 Å². The largest absolute Gasteiger partial charge is 0.480 e. The van der Waals surface area contributed by atoms with Gasteiger partial charge in [-0.15, -0.1) is 0 Å². The molecule has 1 unspecified atom stereocenters. The van der Waals surface area contributed by atoms with Gasteiger partial charge in [-0.3, -0.25) is 19.4 Å². The van der Waals surface area contributed by atoms with E-state index in [0.29, 0.717) is 38.6 Å². The summed E-state index contributed by atoms with van der Waals surface area (Å²) in [5, 5.41) is 17.6. The number of ether oxygens (including phenoxy) is 1. The summed E-state index contributed by atoms with van der Waals surface area (Å²) < 4.78 is 5.07. The molecule has 0 radical (unpaired) electrons. The van der Waals surface area contributed by atoms with Crippen molar-refractivity contribution in [2.75, 3.05) is 13.1 Å². The van der Waals surface area contributed by atoms with Crippen molar-refractivity contribution in [1.82, 2.24) is 20.9 Å². The molecule has 10 N–H and O–H groups in total. The Morgan fingerprint density at radius 1 is 1.05 bits per heavy atom. The van der Waals surface area contributed by atoms with Gasteiger partial charge >= 0.3 is 12.1 Å². The molecule has 4 fully saturated rings. The number of fused-ring (bicyclic) bond motifs is 3. The van der Waals surface area contributed by atoms with E-state index in [2.05, 4.69) is 20.9 Å². The first-order chi connectivity index (χ1) is 19.0. The van der Waals surface area contributed by atoms with Crippen molar-refractivity contribution in [3.05, 3.63) is 0 Å². The topological polar surface area (TPSA) is 245 Å². The monoisotopic (exact) mass is 566 g/mol. The van der Waals surface area contributed by atoms with E-state index >= 15 is 0 Å². The van der Waals surface area contributed by atoms with E-state index in [4.69, 9.17) is 21.9 Å². The smallest absolute Gasteiger partial charge is 0.408 e. The summed E-state index contributed by atoms with van der Waals surface area (Å²) in [6, 6.07) is -3.78. The normalized spacial score (nSPS) is 26.7. The van der Waals surface area contributed by atoms with E-state index < -0.39 is 60.1 Å². The maximum atomic E-state index is 14.0. The minimum atomic E-state index is -1.20. The third-order valence-corrected chi connectivity index (χ3v) is 7.82. The minimum Gasteiger partial charge on any atom is -0.480 e. The Labute approximate surface area is 233 Å². The number of guanidine groups is 1. The first-order valence-electron chi connectivity index (χ1n) is 13.9. The Morgan fingerprint density at radius 2 is 1.70 bits per heavy atom. The van der Waals surface area contributed by atoms with Crippen LogP contribution in [0.25, 0.3) is 0 Å². The van der Waals surface area contributed by atoms with Crippen LogP contribution < -0.4 is 33.2 Å². The number of carboxylic acids is 1. The van der Waals surface area contributed by atoms with E-state index in [1.54, 1.807) is 11.8 Å². The van der Waals surface area contributed by atoms with Crippen LogP contribution in [0.5, 0.6) is 0 Å². The summed E-state index contributed by atoms with van der Waals surface area (Å²) in [6.07, 6.45) is 3.01. The first-order valence-corrected chi connectivity index (χ1v) is 13.9. The van der Waals surface area contributed by atoms with Crippen molar-refractivity contribution in [2.24, 2.45) is 28.1 Å². The van der Waals surface area contributed by atoms with Gasteiger partial charge in [0.2, 0.25) is 17.9 Å². The number of carboxylic acid groups (broad SMARTS) is 1. The highest BCUT2D eigenvalue weighted by Crippen LogP contribution is 2.40. The minimum absolute atomic E-state index is 0.104. The second-order valence-corrected chi connectivity index (χ2v) is 10.7. The third-order valence-electron chi connectivity index (χ3n) is 7.82. The van der Waals surface area contributed by atoms with Crippen LogP contribution in [0, 0.1) is 5.92 Å². The number of rotatable bonds is 14. The predicted octanol–water partition coefficient (Wildman–Crippen LogP) is -1.51. The molecule has 4 amide bonds. The molecule has 2 bridgehead atoms. The average molecular weight is 567 g/mol. The zero-order valence-corrected chi connectivity index (χ0v) is 22.8. The number of carbonyl (C=O) groups excluding carboxylic acids is 4. The summed E-state index contributed by atoms with van der Waals surface area (Å²) >= 11 is 0. The van der Waals surface area contributed by atoms with Gasteiger partial charge in [-0.25, -0.2) is 9.59 Å². The Kier molecular flexibility index (Phi) is 10.9. The van der Waals surface area contributed by atoms with Gasteiger partial charge in [-0.2, -0.15) is 0 Å². The maximum Gasteiger partial charge on any atom is 0.408 e. The molecule has 3 saturated heterocycles. The lowest BCUT2D eigenvalue weighted by atomic mass is 9.73. The molecular weight excluding hydrogens is 524 g/mol. The van der Waals surface area contributed by atoms with Crippen LogP contribution in [0.3, 0.4) is 0 Å². The molecule has 3 aliphatic heterocycles. The van der Waals surface area contributed by atoms with Crippen molar-refractivity contribution in [3.63, 3.8) is 0 Å². The Morgan fingerprint density at radius 3 is 2.27 bits per heavy atom. The van der Waals surface area contributed by atoms with E-state index in [0.717, 1.165) is 12.8 Å². The van der Waals surface area contributed by atoms with Crippen molar-refractivity contribution < 1.29 is 33.8 Å². The molecule has 0 aromatic carbocycles. The van der Waals surface area contributed by atoms with Gasteiger partial charge in [0.05, 0.1) is 6.04 Å². The zero-order valence-electron chi connectivity index (χ0n) is 22.8. The molecule has 0 aromatic rings. The van der Waals surface area contributed by atoms with Crippen molar-refractivity contribution in [1.29, 1.82) is 0 Å². The number of nitrogens with one attached hydrogen (secondary N) is 3. The van der Waals surface area contributed by atoms with E-state index in [1.807, 2.05) is 0 Å². The zero-order chi connectivity index (χ0) is 29.4. The number of nitrogens with zero attached hydrogens (tertiary/aromatic N) is 2. The third kappa shape index (κ3) is 7.73. The highest BCUT2D eigenvalue weighted by atomic mass is 16.6. The highest BCUT2D eigenvalue weighted by Gasteiger charge is 2.49. The number of hydrogen-bond acceptors (Lipinski definition) is 8. The molecule has 1 aliphatic carbocycles. The number of carbonyl (C=O) groups is 5. The molecule has 4 rings (SSSR count). The lowest BCUT2D eigenvalue weighted by molar-refractivity contribution is -0.157. The van der Waals surface area contributed by atoms with Gasteiger partial charge in [0.1, 0.15) is 18.1 Å². The van der Waals surface area contributed by atoms with Gasteiger partial charge in [-0.1, -0.05) is 0 Å². The van der Waals surface area contributed by atoms with Crippen LogP contribution >= 0.6 is 0 Å². The van der Waals surface area contributed by atoms with Crippen LogP contribution in [0.4, 0.5) is 4.79 Å². The number of cyclic esters (lactones) is 1. The fourth-order valence-corrected chi connectivity index (χ4v) is 5.80. The number of hydrogen-bond donors (Lipinski definition) is 7. The molecular formula is C25H42N8O7. The van der Waals surface area contributed by atoms with Crippen LogP contribution in [0.2, 0.25) is 0 Å². The quantitative estimate of drug-likeness (QED) is 0.0727. The molecule has 15 nitrogen and oxygen atoms in total. The second-order valence-electron chi connectivity index (χ2n) is 10.7. The molecule has 1 saturated carbocycles. The van der Waals surface area contributed by atoms with E-state index in [9.17, 15) is 29.1 Å². The number of nitrogens with two attached hydrogens (primary N) is 3. The number of aliphatic carboxylic acids is 1. The van der Waals surface area contributed by atoms with Crippen molar-refractivity contribution >= 4 is 35.7 Å². The van der Waals surface area contributed by atoms with Crippen LogP contribution in [0.1, 0.15) is 64.7 Å². The number of alkyl carbamates (subject to hydrolysis) is 1. The summed E-state index contributed by atoms with van der Waals surface area (Å²) in [4.78, 5) is 69.4. The van der Waals surface area contributed by atoms with Crippen molar-refractivity contribution in [2.45, 2.75) is 101 Å². The SMILES string of the molecule is CC1NC(=O)O[C@H]1C(=O)N[C@@H](CCCCN)C(=O)N1C2CCC(CC2)[C@H]1C(=O)N[C@@H](CCCN=C(N)N)C(=O)O. The molecule has 15 heteroatoms. The first kappa shape index (κ1) is 30.9. The molecule has 5 atom stereocenters. The van der Waals surface area contributed by atoms with Gasteiger partial charge in [0.15, 0.2) is 5.96 Å². The summed E-state index contributed by atoms with van der Waals surface area (Å²) in [7, 11) is 0. The molecule has 40 heavy (non-hydrogen) atoms. The summed E-state index contributed by atoms with van der Waals surface area (Å²) in [6.45, 7) is 2.26.